The van der Waals surface area contributed by atoms with Gasteiger partial charge in [-0.15, -0.1) is 11.8 Å². The molecule has 1 aromatic rings. The van der Waals surface area contributed by atoms with Gasteiger partial charge in [0.25, 0.3) is 0 Å². The molecule has 1 aromatic heterocycles. The van der Waals surface area contributed by atoms with E-state index in [-0.39, 0.29) is 0 Å². The summed E-state index contributed by atoms with van der Waals surface area (Å²) in [5, 5.41) is 4.37. The predicted molar refractivity (Wildman–Crippen MR) is 76.5 cm³/mol. The lowest BCUT2D eigenvalue weighted by atomic mass is 10.3. The molecule has 0 bridgehead atoms. The normalized spacial score (nSPS) is 24.8. The molecule has 3 nitrogen and oxygen atoms in total. The van der Waals surface area contributed by atoms with Crippen LogP contribution in [0.3, 0.4) is 0 Å². The lowest BCUT2D eigenvalue weighted by Gasteiger charge is -2.26. The van der Waals surface area contributed by atoms with Crippen LogP contribution in [0.15, 0.2) is 12.3 Å². The minimum Gasteiger partial charge on any atom is -0.311 e. The first kappa shape index (κ1) is 13.2. The highest BCUT2D eigenvalue weighted by Crippen LogP contribution is 2.40. The number of nitrogens with one attached hydrogen (secondary N) is 1. The van der Waals surface area contributed by atoms with Crippen molar-refractivity contribution in [2.24, 2.45) is 0 Å². The van der Waals surface area contributed by atoms with E-state index in [1.807, 2.05) is 35.8 Å². The standard InChI is InChI=1S/C12H19N3S2/c1-3-13-8-10-4-5-14-12(15-10)11-9(2)16-6-7-17-11/h4-5,9,11,13H,3,6-8H2,1-2H3. The van der Waals surface area contributed by atoms with E-state index in [0.29, 0.717) is 10.5 Å². The Bertz CT molecular complexity index is 359. The number of nitrogens with zero attached hydrogens (tertiary/aromatic N) is 2. The Hall–Kier alpha value is -0.260. The number of aromatic nitrogens is 2. The van der Waals surface area contributed by atoms with Crippen molar-refractivity contribution in [2.75, 3.05) is 18.1 Å². The highest BCUT2D eigenvalue weighted by atomic mass is 32.2. The fourth-order valence-electron chi connectivity index (χ4n) is 1.82. The van der Waals surface area contributed by atoms with Gasteiger partial charge in [-0.25, -0.2) is 9.97 Å². The zero-order valence-corrected chi connectivity index (χ0v) is 12.0. The molecule has 2 atom stereocenters. The first-order valence-electron chi connectivity index (χ1n) is 6.07. The van der Waals surface area contributed by atoms with Crippen molar-refractivity contribution in [1.82, 2.24) is 15.3 Å². The van der Waals surface area contributed by atoms with Crippen LogP contribution in [-0.4, -0.2) is 33.3 Å². The second-order valence-corrected chi connectivity index (χ2v) is 6.79. The highest BCUT2D eigenvalue weighted by Gasteiger charge is 2.26. The van der Waals surface area contributed by atoms with Crippen molar-refractivity contribution in [3.8, 4) is 0 Å². The van der Waals surface area contributed by atoms with Gasteiger partial charge in [0.2, 0.25) is 0 Å². The Morgan fingerprint density at radius 3 is 3.00 bits per heavy atom. The molecule has 0 saturated carbocycles. The minimum atomic E-state index is 0.454. The Morgan fingerprint density at radius 2 is 2.24 bits per heavy atom. The lowest BCUT2D eigenvalue weighted by molar-refractivity contribution is 0.696. The molecule has 5 heteroatoms. The molecular weight excluding hydrogens is 250 g/mol. The van der Waals surface area contributed by atoms with Gasteiger partial charge in [0.15, 0.2) is 0 Å². The average Bonchev–Trinajstić information content (AvgIpc) is 2.37. The minimum absolute atomic E-state index is 0.454. The zero-order valence-electron chi connectivity index (χ0n) is 10.3. The zero-order chi connectivity index (χ0) is 12.1. The Balaban J connectivity index is 2.08. The fourth-order valence-corrected chi connectivity index (χ4v) is 4.52. The van der Waals surface area contributed by atoms with E-state index < -0.39 is 0 Å². The van der Waals surface area contributed by atoms with Crippen molar-refractivity contribution in [3.05, 3.63) is 23.8 Å². The van der Waals surface area contributed by atoms with Crippen molar-refractivity contribution in [2.45, 2.75) is 30.9 Å². The molecule has 0 aromatic carbocycles. The molecule has 1 aliphatic heterocycles. The van der Waals surface area contributed by atoms with E-state index in [0.717, 1.165) is 24.6 Å². The lowest BCUT2D eigenvalue weighted by Crippen LogP contribution is -2.20. The van der Waals surface area contributed by atoms with E-state index in [2.05, 4.69) is 29.1 Å². The molecule has 94 valence electrons. The first-order valence-corrected chi connectivity index (χ1v) is 8.16. The second kappa shape index (κ2) is 6.61. The first-order chi connectivity index (χ1) is 8.31. The predicted octanol–water partition coefficient (Wildman–Crippen LogP) is 2.50. The summed E-state index contributed by atoms with van der Waals surface area (Å²) in [7, 11) is 0. The largest absolute Gasteiger partial charge is 0.311 e. The monoisotopic (exact) mass is 269 g/mol. The molecule has 1 N–H and O–H groups in total. The van der Waals surface area contributed by atoms with E-state index in [9.17, 15) is 0 Å². The molecule has 1 aliphatic rings. The third-order valence-electron chi connectivity index (χ3n) is 2.73. The molecule has 0 amide bonds. The summed E-state index contributed by atoms with van der Waals surface area (Å²) in [4.78, 5) is 9.13. The molecule has 1 saturated heterocycles. The van der Waals surface area contributed by atoms with Gasteiger partial charge in [-0.05, 0) is 12.6 Å². The van der Waals surface area contributed by atoms with E-state index in [4.69, 9.17) is 0 Å². The summed E-state index contributed by atoms with van der Waals surface area (Å²) in [5.74, 6) is 3.46. The second-order valence-electron chi connectivity index (χ2n) is 4.05. The van der Waals surface area contributed by atoms with Gasteiger partial charge in [-0.1, -0.05) is 13.8 Å². The summed E-state index contributed by atoms with van der Waals surface area (Å²) >= 11 is 4.02. The van der Waals surface area contributed by atoms with E-state index in [1.165, 1.54) is 11.5 Å². The van der Waals surface area contributed by atoms with Crippen LogP contribution in [0.1, 0.15) is 30.6 Å². The maximum atomic E-state index is 4.68. The van der Waals surface area contributed by atoms with Crippen LogP contribution in [-0.2, 0) is 6.54 Å². The summed E-state index contributed by atoms with van der Waals surface area (Å²) in [6.45, 7) is 6.20. The highest BCUT2D eigenvalue weighted by molar-refractivity contribution is 8.06. The molecule has 17 heavy (non-hydrogen) atoms. The number of rotatable bonds is 4. The SMILES string of the molecule is CCNCc1ccnc(C2SCCSC2C)n1. The van der Waals surface area contributed by atoms with Crippen LogP contribution in [0.2, 0.25) is 0 Å². The van der Waals surface area contributed by atoms with E-state index >= 15 is 0 Å². The van der Waals surface area contributed by atoms with Crippen molar-refractivity contribution < 1.29 is 0 Å². The van der Waals surface area contributed by atoms with Gasteiger partial charge < -0.3 is 5.32 Å². The van der Waals surface area contributed by atoms with Gasteiger partial charge in [0.05, 0.1) is 10.9 Å². The quantitative estimate of drug-likeness (QED) is 0.909. The number of thioether (sulfide) groups is 2. The molecule has 2 heterocycles. The van der Waals surface area contributed by atoms with Crippen LogP contribution < -0.4 is 5.32 Å². The summed E-state index contributed by atoms with van der Waals surface area (Å²) in [6.07, 6.45) is 1.89. The third kappa shape index (κ3) is 3.60. The molecular formula is C12H19N3S2. The Labute approximate surface area is 112 Å². The maximum Gasteiger partial charge on any atom is 0.142 e. The van der Waals surface area contributed by atoms with Crippen LogP contribution >= 0.6 is 23.5 Å². The summed E-state index contributed by atoms with van der Waals surface area (Å²) in [6, 6.07) is 2.00. The number of hydrogen-bond acceptors (Lipinski definition) is 5. The number of hydrogen-bond donors (Lipinski definition) is 1. The van der Waals surface area contributed by atoms with E-state index in [1.54, 1.807) is 0 Å². The van der Waals surface area contributed by atoms with Crippen LogP contribution in [0.4, 0.5) is 0 Å². The summed E-state index contributed by atoms with van der Waals surface area (Å²) in [5.41, 5.74) is 1.10. The molecule has 2 unspecified atom stereocenters. The molecule has 0 aliphatic carbocycles. The average molecular weight is 269 g/mol. The summed E-state index contributed by atoms with van der Waals surface area (Å²) < 4.78 is 0. The van der Waals surface area contributed by atoms with Crippen LogP contribution in [0.25, 0.3) is 0 Å². The Kier molecular flexibility index (Phi) is 5.13. The van der Waals surface area contributed by atoms with Gasteiger partial charge in [-0.3, -0.25) is 0 Å². The smallest absolute Gasteiger partial charge is 0.142 e. The molecule has 2 rings (SSSR count). The van der Waals surface area contributed by atoms with Crippen molar-refractivity contribution in [3.63, 3.8) is 0 Å². The van der Waals surface area contributed by atoms with Gasteiger partial charge >= 0.3 is 0 Å². The maximum absolute atomic E-state index is 4.68. The molecule has 0 radical (unpaired) electrons. The van der Waals surface area contributed by atoms with Gasteiger partial charge in [0, 0.05) is 29.5 Å². The topological polar surface area (TPSA) is 37.8 Å². The van der Waals surface area contributed by atoms with Crippen LogP contribution in [0, 0.1) is 0 Å². The van der Waals surface area contributed by atoms with Crippen LogP contribution in [0.5, 0.6) is 0 Å². The fraction of sp³-hybridized carbons (Fsp3) is 0.667. The van der Waals surface area contributed by atoms with Crippen molar-refractivity contribution in [1.29, 1.82) is 0 Å². The molecule has 1 fully saturated rings. The Morgan fingerprint density at radius 1 is 1.41 bits per heavy atom. The van der Waals surface area contributed by atoms with Gasteiger partial charge in [-0.2, -0.15) is 11.8 Å². The molecule has 0 spiro atoms. The van der Waals surface area contributed by atoms with Crippen molar-refractivity contribution >= 4 is 23.5 Å². The van der Waals surface area contributed by atoms with Gasteiger partial charge in [0.1, 0.15) is 5.82 Å². The third-order valence-corrected chi connectivity index (χ3v) is 5.82.